The van der Waals surface area contributed by atoms with Crippen LogP contribution in [0.4, 0.5) is 0 Å². The van der Waals surface area contributed by atoms with Crippen molar-refractivity contribution in [2.75, 3.05) is 18.1 Å². The van der Waals surface area contributed by atoms with E-state index in [4.69, 9.17) is 4.42 Å². The molecule has 24 heavy (non-hydrogen) atoms. The molecule has 0 saturated carbocycles. The van der Waals surface area contributed by atoms with Crippen molar-refractivity contribution < 1.29 is 17.6 Å². The second kappa shape index (κ2) is 6.81. The van der Waals surface area contributed by atoms with Gasteiger partial charge in [0.05, 0.1) is 24.0 Å². The summed E-state index contributed by atoms with van der Waals surface area (Å²) in [5, 5.41) is 0. The van der Waals surface area contributed by atoms with Gasteiger partial charge in [0.25, 0.3) is 0 Å². The van der Waals surface area contributed by atoms with Crippen molar-refractivity contribution in [2.45, 2.75) is 25.8 Å². The predicted octanol–water partition coefficient (Wildman–Crippen LogP) is 2.52. The molecular weight excluding hydrogens is 326 g/mol. The minimum absolute atomic E-state index is 0.0278. The quantitative estimate of drug-likeness (QED) is 0.856. The number of carbonyl (C=O) groups is 1. The van der Waals surface area contributed by atoms with E-state index in [-0.39, 0.29) is 23.8 Å². The molecule has 0 N–H and O–H groups in total. The maximum atomic E-state index is 12.8. The van der Waals surface area contributed by atoms with E-state index in [1.165, 1.54) is 0 Å². The van der Waals surface area contributed by atoms with Gasteiger partial charge in [-0.3, -0.25) is 4.79 Å². The van der Waals surface area contributed by atoms with Crippen LogP contribution in [-0.2, 0) is 21.1 Å². The topological polar surface area (TPSA) is 67.6 Å². The first kappa shape index (κ1) is 16.8. The average molecular weight is 347 g/mol. The van der Waals surface area contributed by atoms with Crippen LogP contribution in [-0.4, -0.2) is 37.3 Å². The van der Waals surface area contributed by atoms with Gasteiger partial charge >= 0.3 is 0 Å². The first-order valence-electron chi connectivity index (χ1n) is 8.05. The van der Waals surface area contributed by atoms with Crippen molar-refractivity contribution in [1.82, 2.24) is 4.90 Å². The summed E-state index contributed by atoms with van der Waals surface area (Å²) in [4.78, 5) is 14.5. The van der Waals surface area contributed by atoms with Crippen LogP contribution in [0.25, 0.3) is 0 Å². The van der Waals surface area contributed by atoms with Crippen LogP contribution < -0.4 is 0 Å². The molecule has 5 nitrogen and oxygen atoms in total. The summed E-state index contributed by atoms with van der Waals surface area (Å²) < 4.78 is 29.9. The molecule has 3 rings (SSSR count). The third-order valence-corrected chi connectivity index (χ3v) is 6.00. The van der Waals surface area contributed by atoms with Crippen molar-refractivity contribution in [2.24, 2.45) is 0 Å². The minimum atomic E-state index is -3.17. The Morgan fingerprint density at radius 3 is 2.62 bits per heavy atom. The molecule has 0 bridgehead atoms. The number of hydrogen-bond donors (Lipinski definition) is 0. The van der Waals surface area contributed by atoms with E-state index in [0.29, 0.717) is 18.7 Å². The molecule has 1 fully saturated rings. The molecule has 1 unspecified atom stereocenters. The van der Waals surface area contributed by atoms with Crippen LogP contribution in [0.1, 0.15) is 29.5 Å². The number of amides is 1. The summed E-state index contributed by atoms with van der Waals surface area (Å²) in [6.45, 7) is 2.27. The number of benzene rings is 1. The number of rotatable bonds is 3. The zero-order valence-corrected chi connectivity index (χ0v) is 14.5. The SMILES string of the molecule is Cc1ccc(CC(=O)N2CCCS(=O)(=O)CC2c2ccccc2)o1. The maximum absolute atomic E-state index is 12.8. The number of aryl methyl sites for hydroxylation is 1. The summed E-state index contributed by atoms with van der Waals surface area (Å²) in [6, 6.07) is 12.5. The smallest absolute Gasteiger partial charge is 0.230 e. The Hall–Kier alpha value is -2.08. The Morgan fingerprint density at radius 1 is 1.21 bits per heavy atom. The fourth-order valence-corrected chi connectivity index (χ4v) is 4.69. The molecule has 0 aliphatic carbocycles. The van der Waals surface area contributed by atoms with Gasteiger partial charge in [0.1, 0.15) is 11.5 Å². The number of sulfone groups is 1. The van der Waals surface area contributed by atoms with Crippen LogP contribution in [0.2, 0.25) is 0 Å². The Morgan fingerprint density at radius 2 is 1.96 bits per heavy atom. The predicted molar refractivity (Wildman–Crippen MR) is 91.3 cm³/mol. The highest BCUT2D eigenvalue weighted by Crippen LogP contribution is 2.27. The molecule has 128 valence electrons. The van der Waals surface area contributed by atoms with E-state index in [2.05, 4.69) is 0 Å². The zero-order chi connectivity index (χ0) is 17.2. The Balaban J connectivity index is 1.88. The average Bonchev–Trinajstić information content (AvgIpc) is 2.87. The summed E-state index contributed by atoms with van der Waals surface area (Å²) in [5.41, 5.74) is 0.854. The van der Waals surface area contributed by atoms with Gasteiger partial charge in [-0.15, -0.1) is 0 Å². The second-order valence-electron chi connectivity index (χ2n) is 6.17. The molecular formula is C18H21NO4S. The normalized spacial score (nSPS) is 20.5. The van der Waals surface area contributed by atoms with Crippen LogP contribution >= 0.6 is 0 Å². The third-order valence-electron chi connectivity index (χ3n) is 4.27. The van der Waals surface area contributed by atoms with Gasteiger partial charge in [-0.1, -0.05) is 30.3 Å². The second-order valence-corrected chi connectivity index (χ2v) is 8.40. The third kappa shape index (κ3) is 3.87. The number of nitrogens with zero attached hydrogens (tertiary/aromatic N) is 1. The molecule has 2 aromatic rings. The van der Waals surface area contributed by atoms with Crippen molar-refractivity contribution >= 4 is 15.7 Å². The van der Waals surface area contributed by atoms with Crippen molar-refractivity contribution in [1.29, 1.82) is 0 Å². The van der Waals surface area contributed by atoms with Gasteiger partial charge < -0.3 is 9.32 Å². The van der Waals surface area contributed by atoms with Crippen LogP contribution in [0.3, 0.4) is 0 Å². The van der Waals surface area contributed by atoms with Crippen LogP contribution in [0.15, 0.2) is 46.9 Å². The van der Waals surface area contributed by atoms with Crippen molar-refractivity contribution in [3.63, 3.8) is 0 Å². The standard InChI is InChI=1S/C18H21NO4S/c1-14-8-9-16(23-14)12-18(20)19-10-5-11-24(21,22)13-17(19)15-6-3-2-4-7-15/h2-4,6-9,17H,5,10-13H2,1H3. The Kier molecular flexibility index (Phi) is 4.76. The largest absolute Gasteiger partial charge is 0.466 e. The first-order chi connectivity index (χ1) is 11.4. The number of carbonyl (C=O) groups excluding carboxylic acids is 1. The lowest BCUT2D eigenvalue weighted by Crippen LogP contribution is -2.37. The van der Waals surface area contributed by atoms with E-state index in [1.807, 2.05) is 43.3 Å². The van der Waals surface area contributed by atoms with Gasteiger partial charge in [0, 0.05) is 6.54 Å². The number of furan rings is 1. The lowest BCUT2D eigenvalue weighted by Gasteiger charge is -2.29. The summed E-state index contributed by atoms with van der Waals surface area (Å²) in [6.07, 6.45) is 0.617. The van der Waals surface area contributed by atoms with E-state index in [0.717, 1.165) is 11.3 Å². The molecule has 1 atom stereocenters. The Bertz CT molecular complexity index is 811. The molecule has 1 amide bonds. The van der Waals surface area contributed by atoms with Crippen LogP contribution in [0, 0.1) is 6.92 Å². The molecule has 2 heterocycles. The van der Waals surface area contributed by atoms with Gasteiger partial charge in [-0.05, 0) is 31.0 Å². The Labute approximate surface area is 142 Å². The fraction of sp³-hybridized carbons (Fsp3) is 0.389. The molecule has 1 aromatic heterocycles. The zero-order valence-electron chi connectivity index (χ0n) is 13.6. The molecule has 1 aromatic carbocycles. The van der Waals surface area contributed by atoms with E-state index in [1.54, 1.807) is 11.0 Å². The van der Waals surface area contributed by atoms with Gasteiger partial charge in [0.15, 0.2) is 9.84 Å². The molecule has 6 heteroatoms. The monoisotopic (exact) mass is 347 g/mol. The highest BCUT2D eigenvalue weighted by molar-refractivity contribution is 7.91. The molecule has 1 saturated heterocycles. The van der Waals surface area contributed by atoms with E-state index in [9.17, 15) is 13.2 Å². The first-order valence-corrected chi connectivity index (χ1v) is 9.87. The van der Waals surface area contributed by atoms with Gasteiger partial charge in [-0.25, -0.2) is 8.42 Å². The van der Waals surface area contributed by atoms with Gasteiger partial charge in [-0.2, -0.15) is 0 Å². The molecule has 1 aliphatic heterocycles. The summed E-state index contributed by atoms with van der Waals surface area (Å²) in [7, 11) is -3.17. The lowest BCUT2D eigenvalue weighted by atomic mass is 10.1. The van der Waals surface area contributed by atoms with Crippen molar-refractivity contribution in [3.05, 3.63) is 59.5 Å². The molecule has 0 radical (unpaired) electrons. The van der Waals surface area contributed by atoms with Crippen LogP contribution in [0.5, 0.6) is 0 Å². The van der Waals surface area contributed by atoms with E-state index < -0.39 is 15.9 Å². The maximum Gasteiger partial charge on any atom is 0.230 e. The summed E-state index contributed by atoms with van der Waals surface area (Å²) >= 11 is 0. The molecule has 1 aliphatic rings. The minimum Gasteiger partial charge on any atom is -0.466 e. The number of hydrogen-bond acceptors (Lipinski definition) is 4. The highest BCUT2D eigenvalue weighted by atomic mass is 32.2. The molecule has 0 spiro atoms. The van der Waals surface area contributed by atoms with Crippen molar-refractivity contribution in [3.8, 4) is 0 Å². The van der Waals surface area contributed by atoms with E-state index >= 15 is 0 Å². The van der Waals surface area contributed by atoms with Gasteiger partial charge in [0.2, 0.25) is 5.91 Å². The lowest BCUT2D eigenvalue weighted by molar-refractivity contribution is -0.132. The fourth-order valence-electron chi connectivity index (χ4n) is 3.11. The summed E-state index contributed by atoms with van der Waals surface area (Å²) in [5.74, 6) is 1.36. The highest BCUT2D eigenvalue weighted by Gasteiger charge is 2.32.